The predicted octanol–water partition coefficient (Wildman–Crippen LogP) is 1.74. The fourth-order valence-electron chi connectivity index (χ4n) is 1.98. The van der Waals surface area contributed by atoms with Crippen LogP contribution in [0.15, 0.2) is 30.3 Å². The first-order valence-corrected chi connectivity index (χ1v) is 8.56. The Balaban J connectivity index is 2.01. The molecule has 0 spiro atoms. The SMILES string of the molecule is CS[C@H](C)C(=O)N[C@@H](Cc1ccccc1)C(=O)NC1CC1. The minimum atomic E-state index is -0.505. The van der Waals surface area contributed by atoms with E-state index in [0.29, 0.717) is 12.5 Å². The fourth-order valence-corrected chi connectivity index (χ4v) is 2.27. The van der Waals surface area contributed by atoms with Crippen molar-refractivity contribution >= 4 is 23.6 Å². The summed E-state index contributed by atoms with van der Waals surface area (Å²) in [6.07, 6.45) is 4.49. The molecule has 0 aliphatic heterocycles. The van der Waals surface area contributed by atoms with Gasteiger partial charge in [0.2, 0.25) is 11.8 Å². The van der Waals surface area contributed by atoms with Gasteiger partial charge in [-0.2, -0.15) is 11.8 Å². The number of nitrogens with one attached hydrogen (secondary N) is 2. The van der Waals surface area contributed by atoms with Gasteiger partial charge in [-0.25, -0.2) is 0 Å². The highest BCUT2D eigenvalue weighted by Crippen LogP contribution is 2.19. The van der Waals surface area contributed by atoms with Crippen LogP contribution in [0, 0.1) is 0 Å². The van der Waals surface area contributed by atoms with Crippen molar-refractivity contribution in [3.05, 3.63) is 35.9 Å². The molecule has 114 valence electrons. The molecule has 2 atom stereocenters. The molecule has 5 heteroatoms. The Hall–Kier alpha value is -1.49. The third-order valence-electron chi connectivity index (χ3n) is 3.56. The summed E-state index contributed by atoms with van der Waals surface area (Å²) in [5.74, 6) is -0.169. The predicted molar refractivity (Wildman–Crippen MR) is 86.2 cm³/mol. The van der Waals surface area contributed by atoms with Gasteiger partial charge in [-0.1, -0.05) is 30.3 Å². The lowest BCUT2D eigenvalue weighted by molar-refractivity contribution is -0.128. The molecule has 0 unspecified atom stereocenters. The summed E-state index contributed by atoms with van der Waals surface area (Å²) in [6, 6.07) is 9.57. The Labute approximate surface area is 130 Å². The maximum atomic E-state index is 12.3. The van der Waals surface area contributed by atoms with Gasteiger partial charge in [0.15, 0.2) is 0 Å². The van der Waals surface area contributed by atoms with Gasteiger partial charge in [-0.3, -0.25) is 9.59 Å². The van der Waals surface area contributed by atoms with E-state index in [1.807, 2.05) is 43.5 Å². The maximum Gasteiger partial charge on any atom is 0.243 e. The van der Waals surface area contributed by atoms with Crippen molar-refractivity contribution in [1.82, 2.24) is 10.6 Å². The third-order valence-corrected chi connectivity index (χ3v) is 4.48. The zero-order valence-electron chi connectivity index (χ0n) is 12.5. The number of thioether (sulfide) groups is 1. The highest BCUT2D eigenvalue weighted by atomic mass is 32.2. The van der Waals surface area contributed by atoms with Gasteiger partial charge in [-0.05, 0) is 31.6 Å². The van der Waals surface area contributed by atoms with E-state index in [4.69, 9.17) is 0 Å². The van der Waals surface area contributed by atoms with Crippen molar-refractivity contribution in [3.63, 3.8) is 0 Å². The van der Waals surface area contributed by atoms with Gasteiger partial charge >= 0.3 is 0 Å². The highest BCUT2D eigenvalue weighted by molar-refractivity contribution is 7.99. The van der Waals surface area contributed by atoms with Crippen molar-refractivity contribution in [1.29, 1.82) is 0 Å². The molecule has 4 nitrogen and oxygen atoms in total. The first-order chi connectivity index (χ1) is 10.1. The molecule has 2 amide bonds. The molecule has 21 heavy (non-hydrogen) atoms. The van der Waals surface area contributed by atoms with E-state index in [1.54, 1.807) is 0 Å². The molecule has 0 bridgehead atoms. The first-order valence-electron chi connectivity index (χ1n) is 7.27. The lowest BCUT2D eigenvalue weighted by atomic mass is 10.0. The van der Waals surface area contributed by atoms with Crippen LogP contribution in [0.2, 0.25) is 0 Å². The molecule has 0 heterocycles. The minimum Gasteiger partial charge on any atom is -0.352 e. The second-order valence-electron chi connectivity index (χ2n) is 5.41. The highest BCUT2D eigenvalue weighted by Gasteiger charge is 2.29. The number of carbonyl (C=O) groups is 2. The van der Waals surface area contributed by atoms with Crippen LogP contribution in [0.4, 0.5) is 0 Å². The van der Waals surface area contributed by atoms with E-state index in [9.17, 15) is 9.59 Å². The molecule has 1 fully saturated rings. The van der Waals surface area contributed by atoms with Crippen LogP contribution in [-0.4, -0.2) is 35.4 Å². The van der Waals surface area contributed by atoms with Crippen LogP contribution in [0.3, 0.4) is 0 Å². The smallest absolute Gasteiger partial charge is 0.243 e. The summed E-state index contributed by atoms with van der Waals surface area (Å²) >= 11 is 1.48. The quantitative estimate of drug-likeness (QED) is 0.807. The van der Waals surface area contributed by atoms with Crippen LogP contribution >= 0.6 is 11.8 Å². The summed E-state index contributed by atoms with van der Waals surface area (Å²) in [4.78, 5) is 24.4. The van der Waals surface area contributed by atoms with Crippen LogP contribution in [0.25, 0.3) is 0 Å². The normalized spacial score (nSPS) is 16.9. The molecule has 1 aromatic carbocycles. The van der Waals surface area contributed by atoms with E-state index in [0.717, 1.165) is 18.4 Å². The van der Waals surface area contributed by atoms with Crippen molar-refractivity contribution in [2.45, 2.75) is 43.5 Å². The van der Waals surface area contributed by atoms with Gasteiger partial charge in [0.25, 0.3) is 0 Å². The van der Waals surface area contributed by atoms with Crippen LogP contribution in [0.5, 0.6) is 0 Å². The summed E-state index contributed by atoms with van der Waals surface area (Å²) < 4.78 is 0. The molecule has 0 saturated heterocycles. The van der Waals surface area contributed by atoms with Crippen molar-refractivity contribution in [2.75, 3.05) is 6.26 Å². The Morgan fingerprint density at radius 3 is 2.48 bits per heavy atom. The van der Waals surface area contributed by atoms with E-state index < -0.39 is 6.04 Å². The van der Waals surface area contributed by atoms with Crippen molar-refractivity contribution < 1.29 is 9.59 Å². The summed E-state index contributed by atoms with van der Waals surface area (Å²) in [5.41, 5.74) is 1.05. The number of benzene rings is 1. The molecular weight excluding hydrogens is 284 g/mol. The van der Waals surface area contributed by atoms with E-state index in [-0.39, 0.29) is 17.1 Å². The van der Waals surface area contributed by atoms with Gasteiger partial charge in [0.05, 0.1) is 5.25 Å². The molecule has 2 N–H and O–H groups in total. The number of carbonyl (C=O) groups excluding carboxylic acids is 2. The molecule has 1 saturated carbocycles. The fraction of sp³-hybridized carbons (Fsp3) is 0.500. The monoisotopic (exact) mass is 306 g/mol. The molecule has 1 aliphatic carbocycles. The summed E-state index contributed by atoms with van der Waals surface area (Å²) in [5, 5.41) is 5.70. The molecule has 0 aromatic heterocycles. The van der Waals surface area contributed by atoms with Crippen LogP contribution < -0.4 is 10.6 Å². The number of hydrogen-bond donors (Lipinski definition) is 2. The Morgan fingerprint density at radius 1 is 1.24 bits per heavy atom. The average Bonchev–Trinajstić information content (AvgIpc) is 3.30. The standard InChI is InChI=1S/C16H22N2O2S/c1-11(21-2)15(19)18-14(16(20)17-13-8-9-13)10-12-6-4-3-5-7-12/h3-7,11,13-14H,8-10H2,1-2H3,(H,17,20)(H,18,19)/t11-,14+/m1/s1. The lowest BCUT2D eigenvalue weighted by Crippen LogP contribution is -2.50. The van der Waals surface area contributed by atoms with E-state index in [1.165, 1.54) is 11.8 Å². The summed E-state index contributed by atoms with van der Waals surface area (Å²) in [7, 11) is 0. The molecule has 1 aliphatic rings. The molecule has 2 rings (SSSR count). The second kappa shape index (κ2) is 7.50. The van der Waals surface area contributed by atoms with Gasteiger partial charge in [0.1, 0.15) is 6.04 Å². The van der Waals surface area contributed by atoms with Crippen molar-refractivity contribution in [3.8, 4) is 0 Å². The lowest BCUT2D eigenvalue weighted by Gasteiger charge is -2.20. The second-order valence-corrected chi connectivity index (χ2v) is 6.59. The molecular formula is C16H22N2O2S. The number of hydrogen-bond acceptors (Lipinski definition) is 3. The third kappa shape index (κ3) is 5.08. The zero-order chi connectivity index (χ0) is 15.2. The van der Waals surface area contributed by atoms with E-state index in [2.05, 4.69) is 10.6 Å². The zero-order valence-corrected chi connectivity index (χ0v) is 13.3. The molecule has 0 radical (unpaired) electrons. The topological polar surface area (TPSA) is 58.2 Å². The number of amides is 2. The average molecular weight is 306 g/mol. The van der Waals surface area contributed by atoms with Crippen LogP contribution in [-0.2, 0) is 16.0 Å². The van der Waals surface area contributed by atoms with E-state index >= 15 is 0 Å². The largest absolute Gasteiger partial charge is 0.352 e. The maximum absolute atomic E-state index is 12.3. The number of rotatable bonds is 7. The van der Waals surface area contributed by atoms with Gasteiger partial charge in [-0.15, -0.1) is 0 Å². The van der Waals surface area contributed by atoms with Crippen LogP contribution in [0.1, 0.15) is 25.3 Å². The summed E-state index contributed by atoms with van der Waals surface area (Å²) in [6.45, 7) is 1.85. The Morgan fingerprint density at radius 2 is 1.90 bits per heavy atom. The first kappa shape index (κ1) is 15.9. The van der Waals surface area contributed by atoms with Gasteiger partial charge < -0.3 is 10.6 Å². The minimum absolute atomic E-state index is 0.0805. The Kier molecular flexibility index (Phi) is 5.67. The van der Waals surface area contributed by atoms with Crippen molar-refractivity contribution in [2.24, 2.45) is 0 Å². The molecule has 1 aromatic rings. The Bertz CT molecular complexity index is 488. The van der Waals surface area contributed by atoms with Gasteiger partial charge in [0, 0.05) is 12.5 Å².